The van der Waals surface area contributed by atoms with Gasteiger partial charge in [-0.3, -0.25) is 9.78 Å². The van der Waals surface area contributed by atoms with Crippen LogP contribution in [0.3, 0.4) is 0 Å². The molecule has 0 bridgehead atoms. The van der Waals surface area contributed by atoms with Gasteiger partial charge in [0.1, 0.15) is 0 Å². The zero-order chi connectivity index (χ0) is 15.7. The molecule has 0 unspecified atom stereocenters. The van der Waals surface area contributed by atoms with Gasteiger partial charge in [0, 0.05) is 31.9 Å². The molecule has 22 heavy (non-hydrogen) atoms. The number of carbonyl (C=O) groups excluding carboxylic acids is 1. The third-order valence-corrected chi connectivity index (χ3v) is 4.43. The number of pyridine rings is 1. The molecule has 0 atom stereocenters. The number of rotatable bonds is 2. The van der Waals surface area contributed by atoms with Crippen LogP contribution in [0, 0.1) is 5.41 Å². The minimum absolute atomic E-state index is 0.0642. The van der Waals surface area contributed by atoms with E-state index in [2.05, 4.69) is 43.0 Å². The Morgan fingerprint density at radius 1 is 1.36 bits per heavy atom. The van der Waals surface area contributed by atoms with Crippen LogP contribution in [0.1, 0.15) is 51.5 Å². The highest BCUT2D eigenvalue weighted by molar-refractivity contribution is 5.79. The fourth-order valence-electron chi connectivity index (χ4n) is 3.29. The van der Waals surface area contributed by atoms with Crippen molar-refractivity contribution in [2.45, 2.75) is 46.0 Å². The Balaban J connectivity index is 1.66. The Labute approximate surface area is 131 Å². The number of hydrogen-bond acceptors (Lipinski definition) is 2. The lowest BCUT2D eigenvalue weighted by atomic mass is 9.88. The number of likely N-dealkylation sites (tertiary alicyclic amines) is 1. The second-order valence-corrected chi connectivity index (χ2v) is 7.54. The lowest BCUT2D eigenvalue weighted by molar-refractivity contribution is -0.134. The topological polar surface area (TPSA) is 49.0 Å². The van der Waals surface area contributed by atoms with Gasteiger partial charge in [0.2, 0.25) is 5.91 Å². The van der Waals surface area contributed by atoms with Gasteiger partial charge >= 0.3 is 0 Å². The van der Waals surface area contributed by atoms with Gasteiger partial charge < -0.3 is 9.88 Å². The summed E-state index contributed by atoms with van der Waals surface area (Å²) < 4.78 is 0. The third kappa shape index (κ3) is 3.16. The Kier molecular flexibility index (Phi) is 3.94. The number of nitrogens with zero attached hydrogens (tertiary/aromatic N) is 2. The van der Waals surface area contributed by atoms with Crippen molar-refractivity contribution in [2.24, 2.45) is 5.41 Å². The summed E-state index contributed by atoms with van der Waals surface area (Å²) in [7, 11) is 0. The minimum Gasteiger partial charge on any atom is -0.360 e. The van der Waals surface area contributed by atoms with Crippen LogP contribution < -0.4 is 0 Å². The van der Waals surface area contributed by atoms with Gasteiger partial charge in [-0.25, -0.2) is 0 Å². The maximum absolute atomic E-state index is 12.3. The van der Waals surface area contributed by atoms with Crippen LogP contribution in [-0.2, 0) is 4.79 Å². The predicted octanol–water partition coefficient (Wildman–Crippen LogP) is 3.71. The normalized spacial score (nSPS) is 17.1. The fourth-order valence-corrected chi connectivity index (χ4v) is 3.29. The van der Waals surface area contributed by atoms with Gasteiger partial charge in [-0.2, -0.15) is 0 Å². The Hall–Kier alpha value is -1.84. The van der Waals surface area contributed by atoms with Crippen LogP contribution in [0.5, 0.6) is 0 Å². The van der Waals surface area contributed by atoms with E-state index in [1.54, 1.807) is 0 Å². The number of nitrogens with one attached hydrogen (secondary N) is 1. The number of aromatic nitrogens is 2. The quantitative estimate of drug-likeness (QED) is 0.919. The molecule has 2 aromatic rings. The molecule has 2 aromatic heterocycles. The lowest BCUT2D eigenvalue weighted by Gasteiger charge is -2.33. The standard InChI is InChI=1S/C18H25N3O/c1-18(2,3)11-16(22)21-9-6-13(7-10-21)14-12-20-15-5-4-8-19-17(14)15/h4-5,8,12-13,20H,6-7,9-11H2,1-3H3. The molecule has 4 heteroatoms. The number of hydrogen-bond donors (Lipinski definition) is 1. The van der Waals surface area contributed by atoms with Crippen molar-refractivity contribution in [3.8, 4) is 0 Å². The molecule has 0 aromatic carbocycles. The molecule has 4 nitrogen and oxygen atoms in total. The molecule has 0 spiro atoms. The van der Waals surface area contributed by atoms with Gasteiger partial charge in [0.05, 0.1) is 11.0 Å². The first kappa shape index (κ1) is 15.1. The molecule has 3 rings (SSSR count). The van der Waals surface area contributed by atoms with E-state index in [0.717, 1.165) is 37.0 Å². The molecule has 1 N–H and O–H groups in total. The first-order chi connectivity index (χ1) is 10.4. The number of H-pyrrole nitrogens is 1. The van der Waals surface area contributed by atoms with Crippen molar-refractivity contribution in [1.82, 2.24) is 14.9 Å². The summed E-state index contributed by atoms with van der Waals surface area (Å²) >= 11 is 0. The van der Waals surface area contributed by atoms with E-state index in [9.17, 15) is 4.79 Å². The number of piperidine rings is 1. The van der Waals surface area contributed by atoms with E-state index in [-0.39, 0.29) is 5.41 Å². The molecule has 1 saturated heterocycles. The summed E-state index contributed by atoms with van der Waals surface area (Å²) in [4.78, 5) is 22.2. The average molecular weight is 299 g/mol. The van der Waals surface area contributed by atoms with Crippen molar-refractivity contribution in [1.29, 1.82) is 0 Å². The van der Waals surface area contributed by atoms with E-state index >= 15 is 0 Å². The molecule has 1 aliphatic rings. The Morgan fingerprint density at radius 3 is 2.77 bits per heavy atom. The van der Waals surface area contributed by atoms with E-state index < -0.39 is 0 Å². The summed E-state index contributed by atoms with van der Waals surface area (Å²) in [6.45, 7) is 8.08. The van der Waals surface area contributed by atoms with Crippen LogP contribution in [0.4, 0.5) is 0 Å². The first-order valence-corrected chi connectivity index (χ1v) is 8.14. The SMILES string of the molecule is CC(C)(C)CC(=O)N1CCC(c2c[nH]c3cccnc23)CC1. The molecule has 3 heterocycles. The third-order valence-electron chi connectivity index (χ3n) is 4.43. The van der Waals surface area contributed by atoms with Crippen LogP contribution in [0.15, 0.2) is 24.5 Å². The average Bonchev–Trinajstić information content (AvgIpc) is 2.89. The molecule has 0 saturated carbocycles. The zero-order valence-corrected chi connectivity index (χ0v) is 13.7. The molecule has 1 fully saturated rings. The second-order valence-electron chi connectivity index (χ2n) is 7.54. The number of carbonyl (C=O) groups is 1. The molecule has 0 radical (unpaired) electrons. The van der Waals surface area contributed by atoms with Crippen LogP contribution in [-0.4, -0.2) is 33.9 Å². The van der Waals surface area contributed by atoms with E-state index in [4.69, 9.17) is 0 Å². The summed E-state index contributed by atoms with van der Waals surface area (Å²) in [5, 5.41) is 0. The van der Waals surface area contributed by atoms with Gasteiger partial charge in [-0.1, -0.05) is 20.8 Å². The number of fused-ring (bicyclic) bond motifs is 1. The molecule has 1 aliphatic heterocycles. The largest absolute Gasteiger partial charge is 0.360 e. The van der Waals surface area contributed by atoms with Crippen molar-refractivity contribution >= 4 is 16.9 Å². The number of aromatic amines is 1. The molecular formula is C18H25N3O. The van der Waals surface area contributed by atoms with Gasteiger partial charge in [0.15, 0.2) is 0 Å². The van der Waals surface area contributed by atoms with Gasteiger partial charge in [-0.05, 0) is 41.9 Å². The molecule has 118 valence electrons. The summed E-state index contributed by atoms with van der Waals surface area (Å²) in [5.74, 6) is 0.797. The van der Waals surface area contributed by atoms with Crippen molar-refractivity contribution in [3.05, 3.63) is 30.1 Å². The van der Waals surface area contributed by atoms with Crippen molar-refractivity contribution < 1.29 is 4.79 Å². The monoisotopic (exact) mass is 299 g/mol. The van der Waals surface area contributed by atoms with Gasteiger partial charge in [0.25, 0.3) is 0 Å². The van der Waals surface area contributed by atoms with E-state index in [0.29, 0.717) is 18.2 Å². The highest BCUT2D eigenvalue weighted by Crippen LogP contribution is 2.32. The predicted molar refractivity (Wildman–Crippen MR) is 88.7 cm³/mol. The van der Waals surface area contributed by atoms with Crippen molar-refractivity contribution in [2.75, 3.05) is 13.1 Å². The van der Waals surface area contributed by atoms with Crippen molar-refractivity contribution in [3.63, 3.8) is 0 Å². The highest BCUT2D eigenvalue weighted by Gasteiger charge is 2.27. The maximum atomic E-state index is 12.3. The fraction of sp³-hybridized carbons (Fsp3) is 0.556. The van der Waals surface area contributed by atoms with Crippen LogP contribution in [0.2, 0.25) is 0 Å². The van der Waals surface area contributed by atoms with Gasteiger partial charge in [-0.15, -0.1) is 0 Å². The summed E-state index contributed by atoms with van der Waals surface area (Å²) in [6, 6.07) is 4.02. The smallest absolute Gasteiger partial charge is 0.223 e. The zero-order valence-electron chi connectivity index (χ0n) is 13.7. The molecular weight excluding hydrogens is 274 g/mol. The summed E-state index contributed by atoms with van der Waals surface area (Å²) in [6.07, 6.45) is 6.63. The molecule has 1 amide bonds. The first-order valence-electron chi connectivity index (χ1n) is 8.14. The summed E-state index contributed by atoms with van der Waals surface area (Å²) in [5.41, 5.74) is 3.55. The minimum atomic E-state index is 0.0642. The van der Waals surface area contributed by atoms with E-state index in [1.165, 1.54) is 5.56 Å². The van der Waals surface area contributed by atoms with E-state index in [1.807, 2.05) is 17.2 Å². The Morgan fingerprint density at radius 2 is 2.09 bits per heavy atom. The maximum Gasteiger partial charge on any atom is 0.223 e. The Bertz CT molecular complexity index is 660. The molecule has 0 aliphatic carbocycles. The van der Waals surface area contributed by atoms with Crippen LogP contribution >= 0.6 is 0 Å². The second kappa shape index (κ2) is 5.75. The number of amides is 1. The highest BCUT2D eigenvalue weighted by atomic mass is 16.2. The van der Waals surface area contributed by atoms with Crippen LogP contribution in [0.25, 0.3) is 11.0 Å². The lowest BCUT2D eigenvalue weighted by Crippen LogP contribution is -2.39.